The summed E-state index contributed by atoms with van der Waals surface area (Å²) in [5.41, 5.74) is 0. The minimum atomic E-state index is 0.706. The summed E-state index contributed by atoms with van der Waals surface area (Å²) in [6, 6.07) is 0.762. The standard InChI is InChI=1S/C14H29NO2/c1-13-7-3-4-8-14(13)15-9-5-6-10-17-12-11-16-2/h13-15H,3-12H2,1-2H3. The van der Waals surface area contributed by atoms with Crippen molar-refractivity contribution in [3.8, 4) is 0 Å². The molecule has 1 N–H and O–H groups in total. The van der Waals surface area contributed by atoms with Crippen LogP contribution in [0.1, 0.15) is 45.4 Å². The van der Waals surface area contributed by atoms with Crippen LogP contribution in [0, 0.1) is 5.92 Å². The number of methoxy groups -OCH3 is 1. The van der Waals surface area contributed by atoms with E-state index in [2.05, 4.69) is 12.2 Å². The lowest BCUT2D eigenvalue weighted by Gasteiger charge is -2.29. The molecule has 0 aromatic carbocycles. The van der Waals surface area contributed by atoms with Crippen molar-refractivity contribution < 1.29 is 9.47 Å². The van der Waals surface area contributed by atoms with Crippen LogP contribution in [0.2, 0.25) is 0 Å². The van der Waals surface area contributed by atoms with Gasteiger partial charge >= 0.3 is 0 Å². The molecule has 0 amide bonds. The van der Waals surface area contributed by atoms with Gasteiger partial charge in [0.25, 0.3) is 0 Å². The molecular formula is C14H29NO2. The van der Waals surface area contributed by atoms with Gasteiger partial charge in [0, 0.05) is 19.8 Å². The molecule has 0 aromatic heterocycles. The molecular weight excluding hydrogens is 214 g/mol. The lowest BCUT2D eigenvalue weighted by atomic mass is 9.86. The maximum Gasteiger partial charge on any atom is 0.0700 e. The van der Waals surface area contributed by atoms with Gasteiger partial charge in [-0.15, -0.1) is 0 Å². The second kappa shape index (κ2) is 9.86. The molecule has 0 saturated heterocycles. The second-order valence-corrected chi connectivity index (χ2v) is 5.13. The SMILES string of the molecule is COCCOCCCCNC1CCCCC1C. The Morgan fingerprint density at radius 1 is 1.06 bits per heavy atom. The fraction of sp³-hybridized carbons (Fsp3) is 1.00. The largest absolute Gasteiger partial charge is 0.382 e. The molecule has 1 aliphatic rings. The lowest BCUT2D eigenvalue weighted by molar-refractivity contribution is 0.0686. The zero-order valence-corrected chi connectivity index (χ0v) is 11.5. The third-order valence-electron chi connectivity index (χ3n) is 3.67. The molecule has 17 heavy (non-hydrogen) atoms. The van der Waals surface area contributed by atoms with Gasteiger partial charge in [-0.05, 0) is 38.1 Å². The van der Waals surface area contributed by atoms with Crippen LogP contribution in [0.25, 0.3) is 0 Å². The van der Waals surface area contributed by atoms with Crippen molar-refractivity contribution in [2.24, 2.45) is 5.92 Å². The molecule has 0 bridgehead atoms. The number of ether oxygens (including phenoxy) is 2. The van der Waals surface area contributed by atoms with E-state index in [0.717, 1.165) is 38.1 Å². The summed E-state index contributed by atoms with van der Waals surface area (Å²) in [5, 5.41) is 3.69. The minimum absolute atomic E-state index is 0.706. The van der Waals surface area contributed by atoms with Crippen LogP contribution in [0.4, 0.5) is 0 Å². The number of nitrogens with one attached hydrogen (secondary N) is 1. The number of hydrogen-bond acceptors (Lipinski definition) is 3. The Morgan fingerprint density at radius 3 is 2.65 bits per heavy atom. The first-order valence-electron chi connectivity index (χ1n) is 7.14. The summed E-state index contributed by atoms with van der Waals surface area (Å²) < 4.78 is 10.4. The van der Waals surface area contributed by atoms with E-state index in [9.17, 15) is 0 Å². The van der Waals surface area contributed by atoms with Crippen LogP contribution >= 0.6 is 0 Å². The third kappa shape index (κ3) is 7.02. The normalized spacial score (nSPS) is 25.1. The zero-order valence-electron chi connectivity index (χ0n) is 11.5. The average Bonchev–Trinajstić information content (AvgIpc) is 2.35. The highest BCUT2D eigenvalue weighted by Crippen LogP contribution is 2.23. The summed E-state index contributed by atoms with van der Waals surface area (Å²) in [5.74, 6) is 0.863. The van der Waals surface area contributed by atoms with Crippen molar-refractivity contribution in [1.82, 2.24) is 5.32 Å². The molecule has 1 saturated carbocycles. The van der Waals surface area contributed by atoms with Crippen molar-refractivity contribution >= 4 is 0 Å². The second-order valence-electron chi connectivity index (χ2n) is 5.13. The van der Waals surface area contributed by atoms with E-state index in [-0.39, 0.29) is 0 Å². The molecule has 0 heterocycles. The van der Waals surface area contributed by atoms with Gasteiger partial charge in [0.15, 0.2) is 0 Å². The molecule has 0 spiro atoms. The van der Waals surface area contributed by atoms with Crippen molar-refractivity contribution in [3.05, 3.63) is 0 Å². The smallest absolute Gasteiger partial charge is 0.0700 e. The number of hydrogen-bond donors (Lipinski definition) is 1. The van der Waals surface area contributed by atoms with Crippen molar-refractivity contribution in [3.63, 3.8) is 0 Å². The summed E-state index contributed by atoms with van der Waals surface area (Å²) >= 11 is 0. The quantitative estimate of drug-likeness (QED) is 0.631. The van der Waals surface area contributed by atoms with E-state index < -0.39 is 0 Å². The van der Waals surface area contributed by atoms with Crippen LogP contribution in [0.15, 0.2) is 0 Å². The van der Waals surface area contributed by atoms with E-state index in [1.807, 2.05) is 0 Å². The van der Waals surface area contributed by atoms with Gasteiger partial charge in [-0.1, -0.05) is 19.8 Å². The summed E-state index contributed by atoms with van der Waals surface area (Å²) in [6.45, 7) is 5.82. The summed E-state index contributed by atoms with van der Waals surface area (Å²) in [7, 11) is 1.71. The summed E-state index contributed by atoms with van der Waals surface area (Å²) in [6.07, 6.45) is 7.96. The first-order valence-corrected chi connectivity index (χ1v) is 7.14. The van der Waals surface area contributed by atoms with Crippen LogP contribution < -0.4 is 5.32 Å². The van der Waals surface area contributed by atoms with Crippen LogP contribution in [-0.2, 0) is 9.47 Å². The molecule has 3 nitrogen and oxygen atoms in total. The molecule has 0 radical (unpaired) electrons. The highest BCUT2D eigenvalue weighted by atomic mass is 16.5. The highest BCUT2D eigenvalue weighted by Gasteiger charge is 2.19. The molecule has 2 atom stereocenters. The van der Waals surface area contributed by atoms with Crippen LogP contribution in [-0.4, -0.2) is 39.5 Å². The zero-order chi connectivity index (χ0) is 12.3. The maximum atomic E-state index is 5.43. The van der Waals surface area contributed by atoms with E-state index >= 15 is 0 Å². The molecule has 0 aliphatic heterocycles. The average molecular weight is 243 g/mol. The fourth-order valence-electron chi connectivity index (χ4n) is 2.48. The molecule has 0 aromatic rings. The predicted molar refractivity (Wildman–Crippen MR) is 71.4 cm³/mol. The molecule has 3 heteroatoms. The van der Waals surface area contributed by atoms with E-state index in [4.69, 9.17) is 9.47 Å². The molecule has 102 valence electrons. The highest BCUT2D eigenvalue weighted by molar-refractivity contribution is 4.77. The third-order valence-corrected chi connectivity index (χ3v) is 3.67. The monoisotopic (exact) mass is 243 g/mol. The van der Waals surface area contributed by atoms with Crippen LogP contribution in [0.5, 0.6) is 0 Å². The first-order chi connectivity index (χ1) is 8.34. The van der Waals surface area contributed by atoms with Crippen LogP contribution in [0.3, 0.4) is 0 Å². The number of unbranched alkanes of at least 4 members (excludes halogenated alkanes) is 1. The van der Waals surface area contributed by atoms with Crippen molar-refractivity contribution in [2.45, 2.75) is 51.5 Å². The Bertz CT molecular complexity index is 176. The van der Waals surface area contributed by atoms with Gasteiger partial charge in [0.2, 0.25) is 0 Å². The Balaban J connectivity index is 1.86. The Kier molecular flexibility index (Phi) is 8.67. The van der Waals surface area contributed by atoms with Gasteiger partial charge in [-0.25, -0.2) is 0 Å². The van der Waals surface area contributed by atoms with Gasteiger partial charge in [-0.3, -0.25) is 0 Å². The first kappa shape index (κ1) is 14.9. The predicted octanol–water partition coefficient (Wildman–Crippen LogP) is 2.60. The molecule has 1 fully saturated rings. The van der Waals surface area contributed by atoms with Crippen molar-refractivity contribution in [1.29, 1.82) is 0 Å². The molecule has 1 rings (SSSR count). The Hall–Kier alpha value is -0.120. The van der Waals surface area contributed by atoms with Gasteiger partial charge in [-0.2, -0.15) is 0 Å². The molecule has 2 unspecified atom stereocenters. The Morgan fingerprint density at radius 2 is 1.88 bits per heavy atom. The van der Waals surface area contributed by atoms with E-state index in [0.29, 0.717) is 6.61 Å². The maximum absolute atomic E-state index is 5.43. The van der Waals surface area contributed by atoms with E-state index in [1.54, 1.807) is 7.11 Å². The lowest BCUT2D eigenvalue weighted by Crippen LogP contribution is -2.37. The fourth-order valence-corrected chi connectivity index (χ4v) is 2.48. The van der Waals surface area contributed by atoms with E-state index in [1.165, 1.54) is 32.1 Å². The van der Waals surface area contributed by atoms with Gasteiger partial charge < -0.3 is 14.8 Å². The Labute approximate surface area is 106 Å². The topological polar surface area (TPSA) is 30.5 Å². The van der Waals surface area contributed by atoms with Crippen molar-refractivity contribution in [2.75, 3.05) is 33.5 Å². The van der Waals surface area contributed by atoms with Gasteiger partial charge in [0.05, 0.1) is 13.2 Å². The summed E-state index contributed by atoms with van der Waals surface area (Å²) in [4.78, 5) is 0. The molecule has 1 aliphatic carbocycles. The van der Waals surface area contributed by atoms with Gasteiger partial charge in [0.1, 0.15) is 0 Å². The minimum Gasteiger partial charge on any atom is -0.382 e. The number of rotatable bonds is 9.